The predicted molar refractivity (Wildman–Crippen MR) is 111 cm³/mol. The Labute approximate surface area is 167 Å². The van der Waals surface area contributed by atoms with E-state index in [1.54, 1.807) is 12.1 Å². The molecule has 0 radical (unpaired) electrons. The van der Waals surface area contributed by atoms with Crippen molar-refractivity contribution in [1.82, 2.24) is 4.72 Å². The maximum atomic E-state index is 12.3. The third-order valence-electron chi connectivity index (χ3n) is 4.31. The number of hydrogen-bond acceptors (Lipinski definition) is 4. The van der Waals surface area contributed by atoms with Gasteiger partial charge in [-0.15, -0.1) is 0 Å². The van der Waals surface area contributed by atoms with Crippen molar-refractivity contribution >= 4 is 21.6 Å². The van der Waals surface area contributed by atoms with Gasteiger partial charge in [-0.3, -0.25) is 4.79 Å². The molecule has 0 aliphatic heterocycles. The van der Waals surface area contributed by atoms with E-state index in [4.69, 9.17) is 4.74 Å². The SMILES string of the molecule is CCCNS(=O)(=O)c1ccc(OCC(=O)Nc2c(CC)cccc2CC)cc1. The number of aryl methyl sites for hydroxylation is 2. The van der Waals surface area contributed by atoms with Crippen LogP contribution in [0.3, 0.4) is 0 Å². The largest absolute Gasteiger partial charge is 0.484 e. The summed E-state index contributed by atoms with van der Waals surface area (Å²) in [6, 6.07) is 12.0. The van der Waals surface area contributed by atoms with E-state index in [-0.39, 0.29) is 17.4 Å². The summed E-state index contributed by atoms with van der Waals surface area (Å²) in [6.07, 6.45) is 2.37. The van der Waals surface area contributed by atoms with E-state index in [1.807, 2.05) is 39.0 Å². The van der Waals surface area contributed by atoms with Gasteiger partial charge in [0, 0.05) is 12.2 Å². The molecule has 152 valence electrons. The number of ether oxygens (including phenoxy) is 1. The molecule has 0 atom stereocenters. The van der Waals surface area contributed by atoms with Gasteiger partial charge in [0.25, 0.3) is 5.91 Å². The molecule has 0 bridgehead atoms. The summed E-state index contributed by atoms with van der Waals surface area (Å²) in [6.45, 7) is 6.23. The molecule has 2 aromatic carbocycles. The van der Waals surface area contributed by atoms with Gasteiger partial charge in [-0.05, 0) is 54.7 Å². The first-order chi connectivity index (χ1) is 13.4. The van der Waals surface area contributed by atoms with Crippen LogP contribution >= 0.6 is 0 Å². The lowest BCUT2D eigenvalue weighted by Gasteiger charge is -2.15. The van der Waals surface area contributed by atoms with Crippen molar-refractivity contribution in [3.8, 4) is 5.75 Å². The summed E-state index contributed by atoms with van der Waals surface area (Å²) in [5.74, 6) is 0.181. The van der Waals surface area contributed by atoms with Crippen LogP contribution in [0, 0.1) is 0 Å². The van der Waals surface area contributed by atoms with Gasteiger partial charge in [0.1, 0.15) is 5.75 Å². The first-order valence-electron chi connectivity index (χ1n) is 9.54. The fourth-order valence-corrected chi connectivity index (χ4v) is 3.90. The molecular weight excluding hydrogens is 376 g/mol. The topological polar surface area (TPSA) is 84.5 Å². The van der Waals surface area contributed by atoms with Crippen LogP contribution in [0.25, 0.3) is 0 Å². The van der Waals surface area contributed by atoms with Gasteiger partial charge >= 0.3 is 0 Å². The van der Waals surface area contributed by atoms with E-state index >= 15 is 0 Å². The van der Waals surface area contributed by atoms with Crippen molar-refractivity contribution in [2.75, 3.05) is 18.5 Å². The van der Waals surface area contributed by atoms with Crippen LogP contribution in [-0.4, -0.2) is 27.5 Å². The van der Waals surface area contributed by atoms with E-state index in [1.165, 1.54) is 12.1 Å². The molecule has 2 N–H and O–H groups in total. The Morgan fingerprint density at radius 1 is 0.964 bits per heavy atom. The van der Waals surface area contributed by atoms with E-state index < -0.39 is 10.0 Å². The minimum Gasteiger partial charge on any atom is -0.484 e. The first-order valence-corrected chi connectivity index (χ1v) is 11.0. The lowest BCUT2D eigenvalue weighted by atomic mass is 10.0. The van der Waals surface area contributed by atoms with E-state index in [0.29, 0.717) is 12.3 Å². The minimum absolute atomic E-state index is 0.151. The van der Waals surface area contributed by atoms with Gasteiger partial charge in [0.15, 0.2) is 6.61 Å². The van der Waals surface area contributed by atoms with Crippen molar-refractivity contribution < 1.29 is 17.9 Å². The molecule has 0 aliphatic carbocycles. The zero-order chi connectivity index (χ0) is 20.6. The number of rotatable bonds is 10. The monoisotopic (exact) mass is 404 g/mol. The molecule has 0 saturated carbocycles. The van der Waals surface area contributed by atoms with Gasteiger partial charge in [-0.25, -0.2) is 13.1 Å². The second-order valence-corrected chi connectivity index (χ2v) is 8.13. The number of carbonyl (C=O) groups excluding carboxylic acids is 1. The standard InChI is InChI=1S/C21H28N2O4S/c1-4-14-22-28(25,26)19-12-10-18(11-13-19)27-15-20(24)23-21-16(5-2)8-7-9-17(21)6-3/h7-13,22H,4-6,14-15H2,1-3H3,(H,23,24). The summed E-state index contributed by atoms with van der Waals surface area (Å²) in [5, 5.41) is 2.94. The molecule has 28 heavy (non-hydrogen) atoms. The van der Waals surface area contributed by atoms with Gasteiger partial charge in [0.2, 0.25) is 10.0 Å². The van der Waals surface area contributed by atoms with Gasteiger partial charge in [-0.2, -0.15) is 0 Å². The molecule has 2 rings (SSSR count). The van der Waals surface area contributed by atoms with Gasteiger partial charge < -0.3 is 10.1 Å². The second kappa shape index (κ2) is 10.2. The summed E-state index contributed by atoms with van der Waals surface area (Å²) in [5.41, 5.74) is 3.02. The number of benzene rings is 2. The van der Waals surface area contributed by atoms with E-state index in [0.717, 1.165) is 36.1 Å². The smallest absolute Gasteiger partial charge is 0.262 e. The maximum absolute atomic E-state index is 12.3. The van der Waals surface area contributed by atoms with Crippen LogP contribution in [-0.2, 0) is 27.7 Å². The highest BCUT2D eigenvalue weighted by Gasteiger charge is 2.14. The maximum Gasteiger partial charge on any atom is 0.262 e. The second-order valence-electron chi connectivity index (χ2n) is 6.36. The fraction of sp³-hybridized carbons (Fsp3) is 0.381. The quantitative estimate of drug-likeness (QED) is 0.635. The summed E-state index contributed by atoms with van der Waals surface area (Å²) < 4.78 is 32.2. The molecule has 1 amide bonds. The Morgan fingerprint density at radius 2 is 1.57 bits per heavy atom. The number of sulfonamides is 1. The Morgan fingerprint density at radius 3 is 2.11 bits per heavy atom. The highest BCUT2D eigenvalue weighted by molar-refractivity contribution is 7.89. The molecule has 0 unspecified atom stereocenters. The van der Waals surface area contributed by atoms with Crippen LogP contribution in [0.2, 0.25) is 0 Å². The molecule has 0 spiro atoms. The molecule has 7 heteroatoms. The predicted octanol–water partition coefficient (Wildman–Crippen LogP) is 3.52. The van der Waals surface area contributed by atoms with Crippen molar-refractivity contribution in [2.24, 2.45) is 0 Å². The Kier molecular flexibility index (Phi) is 8.02. The molecule has 0 fully saturated rings. The van der Waals surface area contributed by atoms with Gasteiger partial charge in [-0.1, -0.05) is 39.0 Å². The summed E-state index contributed by atoms with van der Waals surface area (Å²) in [7, 11) is -3.51. The number of para-hydroxylation sites is 1. The summed E-state index contributed by atoms with van der Waals surface area (Å²) >= 11 is 0. The molecule has 0 saturated heterocycles. The first kappa shape index (κ1) is 21.9. The van der Waals surface area contributed by atoms with Crippen molar-refractivity contribution in [2.45, 2.75) is 44.9 Å². The Bertz CT molecular complexity index is 871. The van der Waals surface area contributed by atoms with Crippen LogP contribution in [0.15, 0.2) is 47.4 Å². The lowest BCUT2D eigenvalue weighted by Crippen LogP contribution is -2.24. The van der Waals surface area contributed by atoms with Crippen molar-refractivity contribution in [3.05, 3.63) is 53.6 Å². The van der Waals surface area contributed by atoms with Crippen LogP contribution in [0.5, 0.6) is 5.75 Å². The van der Waals surface area contributed by atoms with E-state index in [2.05, 4.69) is 10.0 Å². The average Bonchev–Trinajstić information content (AvgIpc) is 2.71. The van der Waals surface area contributed by atoms with Crippen molar-refractivity contribution in [3.63, 3.8) is 0 Å². The zero-order valence-corrected chi connectivity index (χ0v) is 17.4. The fourth-order valence-electron chi connectivity index (χ4n) is 2.76. The molecule has 0 aliphatic rings. The number of anilines is 1. The Balaban J connectivity index is 1.99. The number of nitrogens with one attached hydrogen (secondary N) is 2. The summed E-state index contributed by atoms with van der Waals surface area (Å²) in [4.78, 5) is 12.5. The van der Waals surface area contributed by atoms with Gasteiger partial charge in [0.05, 0.1) is 4.90 Å². The molecular formula is C21H28N2O4S. The van der Waals surface area contributed by atoms with Crippen LogP contribution in [0.1, 0.15) is 38.3 Å². The Hall–Kier alpha value is -2.38. The van der Waals surface area contributed by atoms with Crippen molar-refractivity contribution in [1.29, 1.82) is 0 Å². The lowest BCUT2D eigenvalue weighted by molar-refractivity contribution is -0.118. The normalized spacial score (nSPS) is 11.2. The number of hydrogen-bond donors (Lipinski definition) is 2. The minimum atomic E-state index is -3.51. The van der Waals surface area contributed by atoms with E-state index in [9.17, 15) is 13.2 Å². The molecule has 6 nitrogen and oxygen atoms in total. The third kappa shape index (κ3) is 5.81. The molecule has 0 heterocycles. The molecule has 0 aromatic heterocycles. The molecule has 2 aromatic rings. The highest BCUT2D eigenvalue weighted by atomic mass is 32.2. The zero-order valence-electron chi connectivity index (χ0n) is 16.6. The highest BCUT2D eigenvalue weighted by Crippen LogP contribution is 2.22. The number of amides is 1. The van der Waals surface area contributed by atoms with Crippen LogP contribution in [0.4, 0.5) is 5.69 Å². The number of carbonyl (C=O) groups is 1. The average molecular weight is 405 g/mol. The third-order valence-corrected chi connectivity index (χ3v) is 5.79. The van der Waals surface area contributed by atoms with Crippen LogP contribution < -0.4 is 14.8 Å².